The van der Waals surface area contributed by atoms with Crippen molar-refractivity contribution in [3.63, 3.8) is 0 Å². The lowest BCUT2D eigenvalue weighted by Gasteiger charge is -2.23. The Labute approximate surface area is 130 Å². The second-order valence-corrected chi connectivity index (χ2v) is 7.31. The van der Waals surface area contributed by atoms with Gasteiger partial charge in [0.2, 0.25) is 10.0 Å². The Balaban J connectivity index is 2.45. The number of aromatic nitrogens is 1. The van der Waals surface area contributed by atoms with Gasteiger partial charge in [-0.3, -0.25) is 9.78 Å². The Morgan fingerprint density at radius 3 is 2.67 bits per heavy atom. The van der Waals surface area contributed by atoms with E-state index in [0.29, 0.717) is 24.5 Å². The molecule has 0 aromatic carbocycles. The van der Waals surface area contributed by atoms with Gasteiger partial charge in [0.1, 0.15) is 5.69 Å². The van der Waals surface area contributed by atoms with Crippen LogP contribution in [0.15, 0.2) is 18.3 Å². The summed E-state index contributed by atoms with van der Waals surface area (Å²) in [7, 11) is -3.23. The van der Waals surface area contributed by atoms with Crippen LogP contribution in [-0.2, 0) is 10.0 Å². The number of halogens is 1. The molecule has 0 saturated heterocycles. The van der Waals surface area contributed by atoms with E-state index in [-0.39, 0.29) is 17.6 Å². The second kappa shape index (κ2) is 7.72. The first-order chi connectivity index (χ1) is 9.71. The standard InChI is InChI=1S/C13H20ClN3O3S/c1-10(2)17(21(3,19)20)8-4-6-16-13(18)12-9-11(14)5-7-15-12/h5,7,9-10H,4,6,8H2,1-3H3,(H,16,18). The Bertz CT molecular complexity index is 590. The Morgan fingerprint density at radius 1 is 1.48 bits per heavy atom. The first-order valence-corrected chi connectivity index (χ1v) is 8.81. The third kappa shape index (κ3) is 5.99. The number of pyridine rings is 1. The molecule has 0 aliphatic rings. The third-order valence-corrected chi connectivity index (χ3v) is 4.49. The Hall–Kier alpha value is -1.18. The third-order valence-electron chi connectivity index (χ3n) is 2.80. The monoisotopic (exact) mass is 333 g/mol. The van der Waals surface area contributed by atoms with Crippen LogP contribution in [0.2, 0.25) is 5.02 Å². The van der Waals surface area contributed by atoms with Crippen molar-refractivity contribution in [1.29, 1.82) is 0 Å². The van der Waals surface area contributed by atoms with Crippen LogP contribution in [0.25, 0.3) is 0 Å². The fourth-order valence-corrected chi connectivity index (χ4v) is 3.25. The fourth-order valence-electron chi connectivity index (χ4n) is 1.86. The van der Waals surface area contributed by atoms with E-state index < -0.39 is 10.0 Å². The minimum Gasteiger partial charge on any atom is -0.351 e. The summed E-state index contributed by atoms with van der Waals surface area (Å²) in [4.78, 5) is 15.7. The number of sulfonamides is 1. The highest BCUT2D eigenvalue weighted by Gasteiger charge is 2.19. The number of rotatable bonds is 7. The topological polar surface area (TPSA) is 79.4 Å². The van der Waals surface area contributed by atoms with Crippen molar-refractivity contribution < 1.29 is 13.2 Å². The van der Waals surface area contributed by atoms with Crippen molar-refractivity contribution in [1.82, 2.24) is 14.6 Å². The van der Waals surface area contributed by atoms with Gasteiger partial charge in [-0.05, 0) is 32.4 Å². The maximum atomic E-state index is 11.8. The van der Waals surface area contributed by atoms with Crippen LogP contribution in [0.1, 0.15) is 30.8 Å². The molecule has 1 N–H and O–H groups in total. The van der Waals surface area contributed by atoms with Crippen LogP contribution in [-0.4, -0.2) is 49.0 Å². The quantitative estimate of drug-likeness (QED) is 0.767. The number of nitrogens with zero attached hydrogens (tertiary/aromatic N) is 2. The lowest BCUT2D eigenvalue weighted by atomic mass is 10.3. The van der Waals surface area contributed by atoms with Crippen molar-refractivity contribution in [2.24, 2.45) is 0 Å². The molecule has 118 valence electrons. The Kier molecular flexibility index (Phi) is 6.57. The molecule has 0 aliphatic carbocycles. The molecule has 0 spiro atoms. The van der Waals surface area contributed by atoms with E-state index in [4.69, 9.17) is 11.6 Å². The number of nitrogens with one attached hydrogen (secondary N) is 1. The van der Waals surface area contributed by atoms with Crippen LogP contribution < -0.4 is 5.32 Å². The molecule has 1 rings (SSSR count). The van der Waals surface area contributed by atoms with E-state index in [1.807, 2.05) is 13.8 Å². The zero-order valence-electron chi connectivity index (χ0n) is 12.3. The van der Waals surface area contributed by atoms with Gasteiger partial charge in [-0.2, -0.15) is 4.31 Å². The first-order valence-electron chi connectivity index (χ1n) is 6.58. The van der Waals surface area contributed by atoms with Gasteiger partial charge < -0.3 is 5.32 Å². The zero-order valence-corrected chi connectivity index (χ0v) is 13.9. The maximum absolute atomic E-state index is 11.8. The van der Waals surface area contributed by atoms with E-state index in [9.17, 15) is 13.2 Å². The molecule has 0 radical (unpaired) electrons. The van der Waals surface area contributed by atoms with E-state index >= 15 is 0 Å². The summed E-state index contributed by atoms with van der Waals surface area (Å²) in [6.07, 6.45) is 3.17. The number of amides is 1. The highest BCUT2D eigenvalue weighted by atomic mass is 35.5. The summed E-state index contributed by atoms with van der Waals surface area (Å²) < 4.78 is 24.5. The molecule has 0 unspecified atom stereocenters. The SMILES string of the molecule is CC(C)N(CCCNC(=O)c1cc(Cl)ccn1)S(C)(=O)=O. The molecule has 0 bridgehead atoms. The van der Waals surface area contributed by atoms with Crippen LogP contribution >= 0.6 is 11.6 Å². The summed E-state index contributed by atoms with van der Waals surface area (Å²) in [5.74, 6) is -0.326. The number of hydrogen-bond acceptors (Lipinski definition) is 4. The molecule has 0 fully saturated rings. The molecular formula is C13H20ClN3O3S. The first kappa shape index (κ1) is 17.9. The Morgan fingerprint density at radius 2 is 2.14 bits per heavy atom. The van der Waals surface area contributed by atoms with Crippen LogP contribution in [0.3, 0.4) is 0 Å². The van der Waals surface area contributed by atoms with Gasteiger partial charge in [0.05, 0.1) is 6.26 Å². The number of hydrogen-bond donors (Lipinski definition) is 1. The highest BCUT2D eigenvalue weighted by molar-refractivity contribution is 7.88. The van der Waals surface area contributed by atoms with E-state index in [1.54, 1.807) is 6.07 Å². The average molecular weight is 334 g/mol. The van der Waals surface area contributed by atoms with Gasteiger partial charge in [-0.1, -0.05) is 11.6 Å². The molecule has 0 atom stereocenters. The lowest BCUT2D eigenvalue weighted by molar-refractivity contribution is 0.0947. The molecule has 0 saturated carbocycles. The van der Waals surface area contributed by atoms with Crippen molar-refractivity contribution in [3.05, 3.63) is 29.0 Å². The molecule has 1 amide bonds. The molecule has 0 aliphatic heterocycles. The minimum atomic E-state index is -3.23. The molecule has 1 heterocycles. The van der Waals surface area contributed by atoms with Gasteiger partial charge in [0.25, 0.3) is 5.91 Å². The highest BCUT2D eigenvalue weighted by Crippen LogP contribution is 2.08. The van der Waals surface area contributed by atoms with Gasteiger partial charge in [-0.15, -0.1) is 0 Å². The van der Waals surface area contributed by atoms with E-state index in [1.165, 1.54) is 22.8 Å². The average Bonchev–Trinajstić information content (AvgIpc) is 2.36. The maximum Gasteiger partial charge on any atom is 0.269 e. The van der Waals surface area contributed by atoms with Gasteiger partial charge in [0, 0.05) is 30.4 Å². The largest absolute Gasteiger partial charge is 0.351 e. The summed E-state index contributed by atoms with van der Waals surface area (Å²) in [5, 5.41) is 3.13. The predicted molar refractivity (Wildman–Crippen MR) is 82.9 cm³/mol. The lowest BCUT2D eigenvalue weighted by Crippen LogP contribution is -2.38. The van der Waals surface area contributed by atoms with Gasteiger partial charge >= 0.3 is 0 Å². The van der Waals surface area contributed by atoms with Crippen molar-refractivity contribution in [3.8, 4) is 0 Å². The van der Waals surface area contributed by atoms with Crippen molar-refractivity contribution in [2.45, 2.75) is 26.3 Å². The smallest absolute Gasteiger partial charge is 0.269 e. The van der Waals surface area contributed by atoms with E-state index in [2.05, 4.69) is 10.3 Å². The van der Waals surface area contributed by atoms with Gasteiger partial charge in [0.15, 0.2) is 0 Å². The van der Waals surface area contributed by atoms with Crippen molar-refractivity contribution in [2.75, 3.05) is 19.3 Å². The van der Waals surface area contributed by atoms with Gasteiger partial charge in [-0.25, -0.2) is 8.42 Å². The molecule has 1 aromatic rings. The molecule has 21 heavy (non-hydrogen) atoms. The summed E-state index contributed by atoms with van der Waals surface area (Å²) in [5.41, 5.74) is 0.242. The number of carbonyl (C=O) groups excluding carboxylic acids is 1. The predicted octanol–water partition coefficient (Wildman–Crippen LogP) is 1.52. The molecule has 8 heteroatoms. The summed E-state index contributed by atoms with van der Waals surface area (Å²) in [6.45, 7) is 4.36. The van der Waals surface area contributed by atoms with Crippen molar-refractivity contribution >= 4 is 27.5 Å². The second-order valence-electron chi connectivity index (χ2n) is 4.94. The van der Waals surface area contributed by atoms with Crippen LogP contribution in [0.4, 0.5) is 0 Å². The molecular weight excluding hydrogens is 314 g/mol. The number of carbonyl (C=O) groups is 1. The zero-order chi connectivity index (χ0) is 16.0. The fraction of sp³-hybridized carbons (Fsp3) is 0.538. The van der Waals surface area contributed by atoms with E-state index in [0.717, 1.165) is 0 Å². The summed E-state index contributed by atoms with van der Waals surface area (Å²) >= 11 is 5.78. The minimum absolute atomic E-state index is 0.106. The molecule has 6 nitrogen and oxygen atoms in total. The van der Waals surface area contributed by atoms with Crippen LogP contribution in [0.5, 0.6) is 0 Å². The molecule has 1 aromatic heterocycles. The normalized spacial score (nSPS) is 11.9. The summed E-state index contributed by atoms with van der Waals surface area (Å²) in [6, 6.07) is 2.96. The van der Waals surface area contributed by atoms with Crippen LogP contribution in [0, 0.1) is 0 Å².